The van der Waals surface area contributed by atoms with Crippen molar-refractivity contribution in [2.75, 3.05) is 19.6 Å². The van der Waals surface area contributed by atoms with Gasteiger partial charge < -0.3 is 5.73 Å². The van der Waals surface area contributed by atoms with Gasteiger partial charge in [-0.25, -0.2) is 18.2 Å². The van der Waals surface area contributed by atoms with E-state index in [-0.39, 0.29) is 13.1 Å². The Kier molecular flexibility index (Phi) is 8.61. The minimum absolute atomic E-state index is 0.105. The number of nitrogens with two attached hydrogens (primary N) is 1. The molecule has 1 unspecified atom stereocenters. The number of aliphatic imine (C=N–C) groups is 1. The summed E-state index contributed by atoms with van der Waals surface area (Å²) >= 11 is 4.82. The van der Waals surface area contributed by atoms with E-state index in [1.54, 1.807) is 17.2 Å². The van der Waals surface area contributed by atoms with E-state index < -0.39 is 30.2 Å². The second kappa shape index (κ2) is 11.2. The van der Waals surface area contributed by atoms with Crippen molar-refractivity contribution in [2.45, 2.75) is 25.3 Å². The number of thiazole rings is 1. The van der Waals surface area contributed by atoms with E-state index in [1.807, 2.05) is 12.3 Å². The van der Waals surface area contributed by atoms with E-state index in [2.05, 4.69) is 25.9 Å². The van der Waals surface area contributed by atoms with Crippen molar-refractivity contribution in [2.24, 2.45) is 16.6 Å². The monoisotopic (exact) mass is 540 g/mol. The second-order valence-corrected chi connectivity index (χ2v) is 9.37. The number of hydrogen-bond donors (Lipinski definition) is 1. The molecule has 1 aliphatic heterocycles. The number of aromatic nitrogens is 1. The van der Waals surface area contributed by atoms with Crippen LogP contribution in [0.15, 0.2) is 57.0 Å². The van der Waals surface area contributed by atoms with Gasteiger partial charge >= 0.3 is 0 Å². The fourth-order valence-electron chi connectivity index (χ4n) is 4.03. The molecule has 0 spiro atoms. The summed E-state index contributed by atoms with van der Waals surface area (Å²) in [5.74, 6) is -4.39. The first-order valence-corrected chi connectivity index (χ1v) is 12.0. The Morgan fingerprint density at radius 3 is 2.88 bits per heavy atom. The number of halogens is 4. The number of alkyl halides is 2. The number of likely N-dealkylation sites (tertiary alicyclic amines) is 1. The average Bonchev–Trinajstić information content (AvgIpc) is 3.39. The van der Waals surface area contributed by atoms with Gasteiger partial charge in [-0.05, 0) is 35.8 Å². The Bertz CT molecular complexity index is 1060. The van der Waals surface area contributed by atoms with Gasteiger partial charge in [0.1, 0.15) is 17.1 Å². The van der Waals surface area contributed by atoms with Gasteiger partial charge in [-0.15, -0.1) is 11.3 Å². The van der Waals surface area contributed by atoms with Crippen molar-refractivity contribution in [1.82, 2.24) is 9.88 Å². The molecule has 1 saturated heterocycles. The number of rotatable bonds is 9. The number of carbonyl (C=O) groups is 1. The minimum atomic E-state index is -2.95. The van der Waals surface area contributed by atoms with Crippen LogP contribution in [0.25, 0.3) is 5.57 Å². The summed E-state index contributed by atoms with van der Waals surface area (Å²) in [6.07, 6.45) is 6.30. The van der Waals surface area contributed by atoms with Crippen LogP contribution in [0, 0.1) is 11.7 Å². The third-order valence-electron chi connectivity index (χ3n) is 5.52. The normalized spacial score (nSPS) is 20.5. The maximum atomic E-state index is 14.6. The van der Waals surface area contributed by atoms with Gasteiger partial charge in [0, 0.05) is 34.7 Å². The van der Waals surface area contributed by atoms with Crippen LogP contribution in [0.2, 0.25) is 0 Å². The standard InChI is InChI=1S/C23H24BrF3N4OS/c1-2-17(21(30-14-28)18-6-5-16(25)10-20(18)24)19(22-29-7-9-33-22)12-31-11-15(4-3-8-32)23(26,27)13-31/h3-10,14-15,21H,2,11-13H2,1H3,(H2,28,30)/b4-3+,19-17-/t15?,21-/m1/s1. The van der Waals surface area contributed by atoms with Crippen LogP contribution in [0.5, 0.6) is 0 Å². The maximum absolute atomic E-state index is 14.6. The molecule has 2 atom stereocenters. The molecule has 1 fully saturated rings. The predicted molar refractivity (Wildman–Crippen MR) is 129 cm³/mol. The fraction of sp³-hybridized carbons (Fsp3) is 0.348. The Balaban J connectivity index is 2.06. The largest absolute Gasteiger partial charge is 0.390 e. The van der Waals surface area contributed by atoms with Crippen LogP contribution in [0.4, 0.5) is 13.2 Å². The first-order chi connectivity index (χ1) is 15.8. The van der Waals surface area contributed by atoms with E-state index in [0.29, 0.717) is 27.8 Å². The smallest absolute Gasteiger partial charge is 0.267 e. The van der Waals surface area contributed by atoms with Gasteiger partial charge in [0.25, 0.3) is 5.92 Å². The number of carbonyl (C=O) groups excluding carboxylic acids is 1. The molecular weight excluding hydrogens is 517 g/mol. The van der Waals surface area contributed by atoms with Crippen LogP contribution in [0.1, 0.15) is 30.0 Å². The summed E-state index contributed by atoms with van der Waals surface area (Å²) in [4.78, 5) is 21.2. The highest BCUT2D eigenvalue weighted by molar-refractivity contribution is 9.10. The van der Waals surface area contributed by atoms with Crippen LogP contribution in [-0.2, 0) is 4.79 Å². The van der Waals surface area contributed by atoms with Crippen LogP contribution >= 0.6 is 27.3 Å². The maximum Gasteiger partial charge on any atom is 0.267 e. The summed E-state index contributed by atoms with van der Waals surface area (Å²) in [6.45, 7) is 1.85. The molecule has 0 amide bonds. The number of benzene rings is 1. The van der Waals surface area contributed by atoms with Gasteiger partial charge in [-0.3, -0.25) is 14.7 Å². The predicted octanol–water partition coefficient (Wildman–Crippen LogP) is 5.26. The van der Waals surface area contributed by atoms with E-state index in [0.717, 1.165) is 17.2 Å². The summed E-state index contributed by atoms with van der Waals surface area (Å²) in [7, 11) is 0. The van der Waals surface area contributed by atoms with Crippen molar-refractivity contribution < 1.29 is 18.0 Å². The van der Waals surface area contributed by atoms with Crippen molar-refractivity contribution in [3.63, 3.8) is 0 Å². The van der Waals surface area contributed by atoms with Crippen molar-refractivity contribution in [3.05, 3.63) is 68.4 Å². The van der Waals surface area contributed by atoms with E-state index in [4.69, 9.17) is 5.73 Å². The molecule has 176 valence electrons. The van der Waals surface area contributed by atoms with Gasteiger partial charge in [-0.1, -0.05) is 35.0 Å². The summed E-state index contributed by atoms with van der Waals surface area (Å²) in [6, 6.07) is 3.80. The van der Waals surface area contributed by atoms with Gasteiger partial charge in [0.15, 0.2) is 0 Å². The number of allylic oxidation sites excluding steroid dienone is 1. The third kappa shape index (κ3) is 5.99. The molecule has 33 heavy (non-hydrogen) atoms. The Hall–Kier alpha value is -2.30. The average molecular weight is 541 g/mol. The minimum Gasteiger partial charge on any atom is -0.390 e. The highest BCUT2D eigenvalue weighted by Gasteiger charge is 2.46. The zero-order valence-electron chi connectivity index (χ0n) is 17.9. The molecule has 1 aliphatic rings. The molecule has 0 saturated carbocycles. The topological polar surface area (TPSA) is 71.6 Å². The molecule has 1 aromatic heterocycles. The molecule has 0 aliphatic carbocycles. The Morgan fingerprint density at radius 1 is 1.48 bits per heavy atom. The van der Waals surface area contributed by atoms with Crippen LogP contribution < -0.4 is 5.73 Å². The lowest BCUT2D eigenvalue weighted by atomic mass is 9.92. The zero-order chi connectivity index (χ0) is 24.0. The van der Waals surface area contributed by atoms with Crippen LogP contribution in [-0.4, -0.2) is 48.1 Å². The molecule has 1 aromatic carbocycles. The van der Waals surface area contributed by atoms with Gasteiger partial charge in [0.2, 0.25) is 0 Å². The van der Waals surface area contributed by atoms with Gasteiger partial charge in [-0.2, -0.15) is 0 Å². The highest BCUT2D eigenvalue weighted by Crippen LogP contribution is 2.40. The fourth-order valence-corrected chi connectivity index (χ4v) is 5.31. The molecule has 3 rings (SSSR count). The lowest BCUT2D eigenvalue weighted by Crippen LogP contribution is -2.28. The quantitative estimate of drug-likeness (QED) is 0.204. The lowest BCUT2D eigenvalue weighted by Gasteiger charge is -2.24. The highest BCUT2D eigenvalue weighted by atomic mass is 79.9. The SMILES string of the molecule is CC/C(=C(\CN1CC(/C=C/C=O)C(F)(F)C1)c1nccs1)[C@@H](N=CN)c1ccc(F)cc1Br. The third-order valence-corrected chi connectivity index (χ3v) is 7.04. The summed E-state index contributed by atoms with van der Waals surface area (Å²) in [5.41, 5.74) is 8.01. The molecular formula is C23H24BrF3N4OS. The Labute approximate surface area is 203 Å². The molecule has 0 radical (unpaired) electrons. The first-order valence-electron chi connectivity index (χ1n) is 10.3. The molecule has 2 aromatic rings. The van der Waals surface area contributed by atoms with Crippen molar-refractivity contribution in [1.29, 1.82) is 0 Å². The van der Waals surface area contributed by atoms with E-state index in [9.17, 15) is 18.0 Å². The zero-order valence-corrected chi connectivity index (χ0v) is 20.3. The lowest BCUT2D eigenvalue weighted by molar-refractivity contribution is -0.104. The van der Waals surface area contributed by atoms with Crippen molar-refractivity contribution in [3.8, 4) is 0 Å². The molecule has 2 heterocycles. The molecule has 10 heteroatoms. The van der Waals surface area contributed by atoms with E-state index >= 15 is 0 Å². The number of aldehydes is 1. The molecule has 0 bridgehead atoms. The second-order valence-electron chi connectivity index (χ2n) is 7.62. The molecule has 2 N–H and O–H groups in total. The summed E-state index contributed by atoms with van der Waals surface area (Å²) < 4.78 is 43.4. The number of hydrogen-bond acceptors (Lipinski definition) is 5. The molecule has 5 nitrogen and oxygen atoms in total. The van der Waals surface area contributed by atoms with Crippen LogP contribution in [0.3, 0.4) is 0 Å². The first kappa shape index (κ1) is 25.3. The number of nitrogens with zero attached hydrogens (tertiary/aromatic N) is 3. The van der Waals surface area contributed by atoms with Crippen molar-refractivity contribution >= 4 is 45.5 Å². The van der Waals surface area contributed by atoms with Gasteiger partial charge in [0.05, 0.1) is 24.8 Å². The van der Waals surface area contributed by atoms with E-state index in [1.165, 1.54) is 35.9 Å². The summed E-state index contributed by atoms with van der Waals surface area (Å²) in [5, 5.41) is 2.53. The Morgan fingerprint density at radius 2 is 2.27 bits per heavy atom.